The Balaban J connectivity index is 2.43. The predicted octanol–water partition coefficient (Wildman–Crippen LogP) is -0.379. The minimum absolute atomic E-state index is 0.485. The van der Waals surface area contributed by atoms with Crippen molar-refractivity contribution in [1.29, 1.82) is 0 Å². The first-order chi connectivity index (χ1) is 5.17. The minimum atomic E-state index is -1.67. The van der Waals surface area contributed by atoms with Gasteiger partial charge in [-0.2, -0.15) is 0 Å². The van der Waals surface area contributed by atoms with E-state index in [1.165, 1.54) is 7.11 Å². The maximum Gasteiger partial charge on any atom is 0.0932 e. The van der Waals surface area contributed by atoms with Crippen molar-refractivity contribution in [3.8, 4) is 0 Å². The van der Waals surface area contributed by atoms with Crippen molar-refractivity contribution in [2.24, 2.45) is 0 Å². The summed E-state index contributed by atoms with van der Waals surface area (Å²) in [4.78, 5) is 0. The van der Waals surface area contributed by atoms with Crippen LogP contribution in [0, 0.1) is 0 Å². The van der Waals surface area contributed by atoms with Gasteiger partial charge in [-0.15, -0.1) is 0 Å². The molecule has 9 heavy (non-hydrogen) atoms. The molecule has 1 N–H and O–H groups in total. The largest absolute Gasteiger partial charge is 0.382 e. The third-order valence-corrected chi connectivity index (χ3v) is 1.18. The molecular weight excluding hydrogens is 118 g/mol. The van der Waals surface area contributed by atoms with Crippen LogP contribution in [0.2, 0.25) is 0 Å². The van der Waals surface area contributed by atoms with E-state index < -0.39 is 12.7 Å². The van der Waals surface area contributed by atoms with Crippen LogP contribution >= 0.6 is 0 Å². The summed E-state index contributed by atoms with van der Waals surface area (Å²) in [6, 6.07) is 0. The Bertz CT molecular complexity index is 126. The molecule has 0 bridgehead atoms. The van der Waals surface area contributed by atoms with Crippen LogP contribution in [0.5, 0.6) is 0 Å². The number of methoxy groups -OCH3 is 1. The maximum absolute atomic E-state index is 7.35. The monoisotopic (exact) mass is 133 g/mol. The second-order valence-corrected chi connectivity index (χ2v) is 1.89. The van der Waals surface area contributed by atoms with Crippen molar-refractivity contribution >= 4 is 0 Å². The van der Waals surface area contributed by atoms with Gasteiger partial charge < -0.3 is 14.8 Å². The van der Waals surface area contributed by atoms with Crippen molar-refractivity contribution < 1.29 is 12.2 Å². The summed E-state index contributed by atoms with van der Waals surface area (Å²) in [6.45, 7) is 0.179. The molecule has 0 aliphatic carbocycles. The molecule has 1 rings (SSSR count). The molecule has 0 amide bonds. The third-order valence-electron chi connectivity index (χ3n) is 1.18. The van der Waals surface area contributed by atoms with Gasteiger partial charge in [-0.25, -0.2) is 0 Å². The molecule has 1 saturated heterocycles. The Kier molecular flexibility index (Phi) is 1.98. The molecule has 1 aliphatic rings. The second-order valence-electron chi connectivity index (χ2n) is 1.89. The fraction of sp³-hybridized carbons (Fsp3) is 1.00. The van der Waals surface area contributed by atoms with Crippen molar-refractivity contribution in [2.75, 3.05) is 33.4 Å². The fourth-order valence-electron chi connectivity index (χ4n) is 0.773. The Morgan fingerprint density at radius 3 is 3.44 bits per heavy atom. The number of rotatable bonds is 2. The topological polar surface area (TPSA) is 30.5 Å². The van der Waals surface area contributed by atoms with Crippen LogP contribution in [0.1, 0.15) is 2.74 Å². The van der Waals surface area contributed by atoms with Crippen molar-refractivity contribution in [2.45, 2.75) is 6.10 Å². The van der Waals surface area contributed by atoms with Crippen LogP contribution in [0.3, 0.4) is 0 Å². The van der Waals surface area contributed by atoms with Gasteiger partial charge in [0.1, 0.15) is 0 Å². The molecule has 1 fully saturated rings. The highest BCUT2D eigenvalue weighted by Gasteiger charge is 2.11. The van der Waals surface area contributed by atoms with E-state index in [1.807, 2.05) is 0 Å². The molecule has 3 nitrogen and oxygen atoms in total. The van der Waals surface area contributed by atoms with Crippen LogP contribution in [0.15, 0.2) is 0 Å². The first kappa shape index (κ1) is 4.66. The lowest BCUT2D eigenvalue weighted by molar-refractivity contribution is -0.0188. The minimum Gasteiger partial charge on any atom is -0.382 e. The summed E-state index contributed by atoms with van der Waals surface area (Å²) in [5.41, 5.74) is 0. The predicted molar refractivity (Wildman–Crippen MR) is 34.5 cm³/mol. The Labute approximate surface area is 58.1 Å². The summed E-state index contributed by atoms with van der Waals surface area (Å²) in [5, 5.41) is 3.03. The molecule has 1 heterocycles. The van der Waals surface area contributed by atoms with Gasteiger partial charge >= 0.3 is 0 Å². The normalized spacial score (nSPS) is 33.2. The van der Waals surface area contributed by atoms with Gasteiger partial charge in [0.2, 0.25) is 0 Å². The molecule has 0 saturated carbocycles. The van der Waals surface area contributed by atoms with Gasteiger partial charge in [0.25, 0.3) is 0 Å². The number of hydrogen-bond donors (Lipinski definition) is 1. The van der Waals surface area contributed by atoms with E-state index in [1.54, 1.807) is 0 Å². The highest BCUT2D eigenvalue weighted by Crippen LogP contribution is 1.94. The van der Waals surface area contributed by atoms with Gasteiger partial charge in [0.15, 0.2) is 0 Å². The molecule has 3 heteroatoms. The third kappa shape index (κ3) is 2.30. The van der Waals surface area contributed by atoms with E-state index >= 15 is 0 Å². The standard InChI is InChI=1S/C6H13NO2/c1-8-5-6-4-7-2-3-9-6/h6-7H,2-5H2,1H3/i5D2. The van der Waals surface area contributed by atoms with Gasteiger partial charge in [-0.1, -0.05) is 0 Å². The second kappa shape index (κ2) is 3.82. The SMILES string of the molecule is [2H]C([2H])(OC)C1CNCCO1. The number of ether oxygens (including phenoxy) is 2. The van der Waals surface area contributed by atoms with Gasteiger partial charge in [0.05, 0.1) is 22.0 Å². The van der Waals surface area contributed by atoms with E-state index in [4.69, 9.17) is 7.48 Å². The Morgan fingerprint density at radius 1 is 2.00 bits per heavy atom. The summed E-state index contributed by atoms with van der Waals surface area (Å²) in [7, 11) is 1.35. The number of hydrogen-bond acceptors (Lipinski definition) is 3. The summed E-state index contributed by atoms with van der Waals surface area (Å²) < 4.78 is 24.5. The number of morpholine rings is 1. The lowest BCUT2D eigenvalue weighted by Gasteiger charge is -2.22. The molecular formula is C6H13NO2. The van der Waals surface area contributed by atoms with Crippen LogP contribution in [-0.2, 0) is 9.47 Å². The molecule has 54 valence electrons. The maximum atomic E-state index is 7.35. The average molecular weight is 133 g/mol. The van der Waals surface area contributed by atoms with Crippen molar-refractivity contribution in [1.82, 2.24) is 5.32 Å². The zero-order chi connectivity index (χ0) is 8.32. The first-order valence-electron chi connectivity index (χ1n) is 4.04. The zero-order valence-electron chi connectivity index (χ0n) is 7.52. The molecule has 1 aliphatic heterocycles. The lowest BCUT2D eigenvalue weighted by atomic mass is 10.3. The highest BCUT2D eigenvalue weighted by atomic mass is 16.5. The Morgan fingerprint density at radius 2 is 2.89 bits per heavy atom. The molecule has 0 spiro atoms. The zero-order valence-corrected chi connectivity index (χ0v) is 5.52. The molecule has 1 unspecified atom stereocenters. The van der Waals surface area contributed by atoms with Gasteiger partial charge in [-0.05, 0) is 0 Å². The lowest BCUT2D eigenvalue weighted by Crippen LogP contribution is -2.40. The first-order valence-corrected chi connectivity index (χ1v) is 3.04. The number of nitrogens with one attached hydrogen (secondary N) is 1. The van der Waals surface area contributed by atoms with Crippen molar-refractivity contribution in [3.63, 3.8) is 0 Å². The van der Waals surface area contributed by atoms with E-state index in [0.717, 1.165) is 6.54 Å². The van der Waals surface area contributed by atoms with Crippen molar-refractivity contribution in [3.05, 3.63) is 0 Å². The molecule has 0 aromatic heterocycles. The molecule has 0 aromatic rings. The summed E-state index contributed by atoms with van der Waals surface area (Å²) in [5.74, 6) is 0. The summed E-state index contributed by atoms with van der Waals surface area (Å²) in [6.07, 6.45) is -0.485. The van der Waals surface area contributed by atoms with E-state index in [2.05, 4.69) is 10.1 Å². The van der Waals surface area contributed by atoms with Crippen LogP contribution < -0.4 is 5.32 Å². The van der Waals surface area contributed by atoms with E-state index in [-0.39, 0.29) is 0 Å². The van der Waals surface area contributed by atoms with E-state index in [0.29, 0.717) is 13.2 Å². The Hall–Kier alpha value is -0.120. The molecule has 0 radical (unpaired) electrons. The summed E-state index contributed by atoms with van der Waals surface area (Å²) >= 11 is 0. The average Bonchev–Trinajstić information content (AvgIpc) is 2.06. The van der Waals surface area contributed by atoms with Gasteiger partial charge in [-0.3, -0.25) is 0 Å². The molecule has 0 aromatic carbocycles. The highest BCUT2D eigenvalue weighted by molar-refractivity contribution is 4.65. The molecule has 1 atom stereocenters. The van der Waals surface area contributed by atoms with Crippen LogP contribution in [0.4, 0.5) is 0 Å². The smallest absolute Gasteiger partial charge is 0.0932 e. The van der Waals surface area contributed by atoms with Crippen LogP contribution in [-0.4, -0.2) is 39.5 Å². The van der Waals surface area contributed by atoms with E-state index in [9.17, 15) is 0 Å². The fourth-order valence-corrected chi connectivity index (χ4v) is 0.773. The van der Waals surface area contributed by atoms with Crippen LogP contribution in [0.25, 0.3) is 0 Å². The van der Waals surface area contributed by atoms with Gasteiger partial charge in [0, 0.05) is 20.2 Å². The quantitative estimate of drug-likeness (QED) is 0.557.